The molecule has 2 unspecified atom stereocenters. The number of aromatic nitrogens is 1. The molecule has 4 nitrogen and oxygen atoms in total. The van der Waals surface area contributed by atoms with Crippen molar-refractivity contribution in [3.05, 3.63) is 45.9 Å². The van der Waals surface area contributed by atoms with Crippen molar-refractivity contribution in [3.8, 4) is 0 Å². The van der Waals surface area contributed by atoms with Crippen LogP contribution in [0.4, 0.5) is 5.13 Å². The summed E-state index contributed by atoms with van der Waals surface area (Å²) in [7, 11) is 0. The fourth-order valence-electron chi connectivity index (χ4n) is 3.13. The summed E-state index contributed by atoms with van der Waals surface area (Å²) in [4.78, 5) is 7.69. The topological polar surface area (TPSA) is 62.4 Å². The van der Waals surface area contributed by atoms with Crippen LogP contribution in [0.25, 0.3) is 0 Å². The summed E-state index contributed by atoms with van der Waals surface area (Å²) in [5.41, 5.74) is 6.91. The Kier molecular flexibility index (Phi) is 4.98. The normalized spacial score (nSPS) is 20.9. The first-order valence-electron chi connectivity index (χ1n) is 7.49. The zero-order chi connectivity index (χ0) is 15.5. The fraction of sp³-hybridized carbons (Fsp3) is 0.438. The smallest absolute Gasteiger partial charge is 0.180 e. The fourth-order valence-corrected chi connectivity index (χ4v) is 4.21. The molecule has 1 aliphatic rings. The van der Waals surface area contributed by atoms with Crippen LogP contribution < -0.4 is 5.73 Å². The molecule has 1 aliphatic heterocycles. The number of nitrogen functional groups attached to an aromatic ring is 1. The lowest BCUT2D eigenvalue weighted by Gasteiger charge is -2.37. The number of anilines is 1. The van der Waals surface area contributed by atoms with Crippen molar-refractivity contribution in [1.29, 1.82) is 0 Å². The van der Waals surface area contributed by atoms with E-state index in [0.29, 0.717) is 11.0 Å². The molecule has 0 amide bonds. The molecule has 6 heteroatoms. The molecule has 1 aromatic carbocycles. The maximum Gasteiger partial charge on any atom is 0.180 e. The van der Waals surface area contributed by atoms with Gasteiger partial charge in [-0.25, -0.2) is 4.98 Å². The predicted molar refractivity (Wildman–Crippen MR) is 91.2 cm³/mol. The highest BCUT2D eigenvalue weighted by Crippen LogP contribution is 2.38. The van der Waals surface area contributed by atoms with Crippen molar-refractivity contribution in [2.24, 2.45) is 5.92 Å². The number of aliphatic hydroxyl groups is 1. The number of hydrogen-bond donors (Lipinski definition) is 2. The summed E-state index contributed by atoms with van der Waals surface area (Å²) in [6.45, 7) is 2.09. The van der Waals surface area contributed by atoms with Crippen molar-refractivity contribution in [2.75, 3.05) is 25.4 Å². The first-order valence-corrected chi connectivity index (χ1v) is 8.69. The number of hydrogen-bond acceptors (Lipinski definition) is 5. The van der Waals surface area contributed by atoms with Crippen molar-refractivity contribution < 1.29 is 5.11 Å². The molecule has 3 N–H and O–H groups in total. The molecule has 2 atom stereocenters. The molecule has 0 spiro atoms. The Hall–Kier alpha value is -1.14. The highest BCUT2D eigenvalue weighted by atomic mass is 35.5. The van der Waals surface area contributed by atoms with Gasteiger partial charge in [-0.3, -0.25) is 4.90 Å². The summed E-state index contributed by atoms with van der Waals surface area (Å²) < 4.78 is 0. The second-order valence-corrected chi connectivity index (χ2v) is 7.21. The summed E-state index contributed by atoms with van der Waals surface area (Å²) in [5.74, 6) is 0.323. The molecular formula is C16H20ClN3OS. The Morgan fingerprint density at radius 1 is 1.45 bits per heavy atom. The molecule has 1 saturated heterocycles. The number of nitrogens with two attached hydrogens (primary N) is 1. The maximum atomic E-state index is 9.51. The van der Waals surface area contributed by atoms with Gasteiger partial charge in [-0.05, 0) is 36.9 Å². The average Bonchev–Trinajstić information content (AvgIpc) is 2.96. The van der Waals surface area contributed by atoms with Gasteiger partial charge in [0.15, 0.2) is 5.13 Å². The second kappa shape index (κ2) is 6.96. The summed E-state index contributed by atoms with van der Waals surface area (Å²) in [6.07, 6.45) is 4.00. The van der Waals surface area contributed by atoms with Gasteiger partial charge in [0, 0.05) is 29.2 Å². The van der Waals surface area contributed by atoms with Gasteiger partial charge >= 0.3 is 0 Å². The number of thiazole rings is 1. The number of likely N-dealkylation sites (tertiary alicyclic amines) is 1. The lowest BCUT2D eigenvalue weighted by atomic mass is 9.95. The molecular weight excluding hydrogens is 318 g/mol. The monoisotopic (exact) mass is 337 g/mol. The maximum absolute atomic E-state index is 9.51. The minimum Gasteiger partial charge on any atom is -0.396 e. The Labute approximate surface area is 139 Å². The summed E-state index contributed by atoms with van der Waals surface area (Å²) >= 11 is 7.95. The van der Waals surface area contributed by atoms with E-state index in [-0.39, 0.29) is 12.6 Å². The third-order valence-electron chi connectivity index (χ3n) is 4.18. The van der Waals surface area contributed by atoms with Gasteiger partial charge in [0.05, 0.1) is 6.04 Å². The summed E-state index contributed by atoms with van der Waals surface area (Å²) in [5, 5.41) is 10.8. The zero-order valence-corrected chi connectivity index (χ0v) is 13.9. The van der Waals surface area contributed by atoms with Crippen LogP contribution >= 0.6 is 22.9 Å². The molecule has 118 valence electrons. The Morgan fingerprint density at radius 2 is 2.27 bits per heavy atom. The molecule has 0 bridgehead atoms. The first kappa shape index (κ1) is 15.7. The van der Waals surface area contributed by atoms with Crippen LogP contribution in [0.15, 0.2) is 30.5 Å². The van der Waals surface area contributed by atoms with Crippen LogP contribution in [0, 0.1) is 5.92 Å². The lowest BCUT2D eigenvalue weighted by molar-refractivity contribution is 0.101. The van der Waals surface area contributed by atoms with E-state index in [4.69, 9.17) is 17.3 Å². The van der Waals surface area contributed by atoms with E-state index >= 15 is 0 Å². The third kappa shape index (κ3) is 3.27. The predicted octanol–water partition coefficient (Wildman–Crippen LogP) is 3.17. The van der Waals surface area contributed by atoms with Crippen molar-refractivity contribution in [3.63, 3.8) is 0 Å². The summed E-state index contributed by atoms with van der Waals surface area (Å²) in [6, 6.07) is 7.98. The SMILES string of the molecule is Nc1ncc(C(c2ccccc2Cl)N2CCCC(CO)C2)s1. The van der Waals surface area contributed by atoms with Crippen LogP contribution in [0.1, 0.15) is 29.3 Å². The molecule has 2 heterocycles. The van der Waals surface area contributed by atoms with Gasteiger partial charge in [-0.2, -0.15) is 0 Å². The number of aliphatic hydroxyl groups excluding tert-OH is 1. The van der Waals surface area contributed by atoms with E-state index in [2.05, 4.69) is 16.0 Å². The van der Waals surface area contributed by atoms with Crippen molar-refractivity contribution >= 4 is 28.1 Å². The van der Waals surface area contributed by atoms with Crippen LogP contribution in [0.3, 0.4) is 0 Å². The Morgan fingerprint density at radius 3 is 2.95 bits per heavy atom. The number of rotatable bonds is 4. The molecule has 22 heavy (non-hydrogen) atoms. The van der Waals surface area contributed by atoms with E-state index in [1.54, 1.807) is 0 Å². The zero-order valence-electron chi connectivity index (χ0n) is 12.3. The largest absolute Gasteiger partial charge is 0.396 e. The number of piperidine rings is 1. The number of benzene rings is 1. The van der Waals surface area contributed by atoms with Gasteiger partial charge in [0.25, 0.3) is 0 Å². The van der Waals surface area contributed by atoms with Crippen LogP contribution in [-0.2, 0) is 0 Å². The second-order valence-electron chi connectivity index (χ2n) is 5.71. The number of nitrogens with zero attached hydrogens (tertiary/aromatic N) is 2. The van der Waals surface area contributed by atoms with Gasteiger partial charge in [0.1, 0.15) is 0 Å². The standard InChI is InChI=1S/C16H20ClN3OS/c17-13-6-2-1-5-12(13)15(14-8-19-16(18)22-14)20-7-3-4-11(9-20)10-21/h1-2,5-6,8,11,15,21H,3-4,7,9-10H2,(H2,18,19). The Bertz CT molecular complexity index is 633. The van der Waals surface area contributed by atoms with E-state index in [1.807, 2.05) is 24.4 Å². The first-order chi connectivity index (χ1) is 10.7. The highest BCUT2D eigenvalue weighted by Gasteiger charge is 2.30. The van der Waals surface area contributed by atoms with Crippen LogP contribution in [0.2, 0.25) is 5.02 Å². The van der Waals surface area contributed by atoms with Gasteiger partial charge in [-0.1, -0.05) is 29.8 Å². The number of halogens is 1. The Balaban J connectivity index is 1.98. The van der Waals surface area contributed by atoms with Crippen LogP contribution in [0.5, 0.6) is 0 Å². The van der Waals surface area contributed by atoms with Gasteiger partial charge in [-0.15, -0.1) is 11.3 Å². The van der Waals surface area contributed by atoms with Crippen molar-refractivity contribution in [2.45, 2.75) is 18.9 Å². The molecule has 0 aliphatic carbocycles. The van der Waals surface area contributed by atoms with E-state index < -0.39 is 0 Å². The molecule has 3 rings (SSSR count). The van der Waals surface area contributed by atoms with Crippen molar-refractivity contribution in [1.82, 2.24) is 9.88 Å². The molecule has 0 radical (unpaired) electrons. The molecule has 1 aromatic heterocycles. The molecule has 0 saturated carbocycles. The average molecular weight is 338 g/mol. The van der Waals surface area contributed by atoms with Gasteiger partial charge in [0.2, 0.25) is 0 Å². The minimum absolute atomic E-state index is 0.0536. The highest BCUT2D eigenvalue weighted by molar-refractivity contribution is 7.15. The van der Waals surface area contributed by atoms with E-state index in [1.165, 1.54) is 11.3 Å². The quantitative estimate of drug-likeness (QED) is 0.899. The van der Waals surface area contributed by atoms with Crippen LogP contribution in [-0.4, -0.2) is 34.7 Å². The van der Waals surface area contributed by atoms with Gasteiger partial charge < -0.3 is 10.8 Å². The van der Waals surface area contributed by atoms with E-state index in [0.717, 1.165) is 41.4 Å². The lowest BCUT2D eigenvalue weighted by Crippen LogP contribution is -2.39. The molecule has 2 aromatic rings. The molecule has 1 fully saturated rings. The van der Waals surface area contributed by atoms with E-state index in [9.17, 15) is 5.11 Å². The minimum atomic E-state index is 0.0536. The third-order valence-corrected chi connectivity index (χ3v) is 5.41.